The molecule has 1 aliphatic carbocycles. The van der Waals surface area contributed by atoms with Gasteiger partial charge in [-0.3, -0.25) is 9.59 Å². The van der Waals surface area contributed by atoms with Gasteiger partial charge < -0.3 is 15.0 Å². The zero-order valence-electron chi connectivity index (χ0n) is 21.6. The van der Waals surface area contributed by atoms with Crippen LogP contribution in [0, 0.1) is 5.92 Å². The Morgan fingerprint density at radius 1 is 1.11 bits per heavy atom. The summed E-state index contributed by atoms with van der Waals surface area (Å²) < 4.78 is 2.09. The van der Waals surface area contributed by atoms with Gasteiger partial charge in [0.25, 0.3) is 5.91 Å². The van der Waals surface area contributed by atoms with Crippen LogP contribution < -0.4 is 5.32 Å². The summed E-state index contributed by atoms with van der Waals surface area (Å²) in [5.41, 5.74) is 5.69. The minimum atomic E-state index is -0.717. The summed E-state index contributed by atoms with van der Waals surface area (Å²) in [6.45, 7) is 7.02. The van der Waals surface area contributed by atoms with Crippen molar-refractivity contribution in [1.29, 1.82) is 0 Å². The van der Waals surface area contributed by atoms with Crippen LogP contribution in [0.4, 0.5) is 5.69 Å². The highest BCUT2D eigenvalue weighted by Crippen LogP contribution is 2.41. The number of carboxylic acids is 1. The molecule has 0 saturated heterocycles. The van der Waals surface area contributed by atoms with E-state index in [-0.39, 0.29) is 17.7 Å². The number of carbonyl (C=O) groups is 2. The van der Waals surface area contributed by atoms with E-state index in [1.807, 2.05) is 43.5 Å². The molecule has 2 aromatic carbocycles. The molecule has 0 fully saturated rings. The van der Waals surface area contributed by atoms with E-state index in [4.69, 9.17) is 4.98 Å². The first-order valence-corrected chi connectivity index (χ1v) is 13.3. The zero-order chi connectivity index (χ0) is 25.7. The fourth-order valence-electron chi connectivity index (χ4n) is 5.32. The number of anilines is 1. The third-order valence-corrected chi connectivity index (χ3v) is 7.40. The minimum Gasteiger partial charge on any atom is -0.481 e. The lowest BCUT2D eigenvalue weighted by Crippen LogP contribution is -2.19. The van der Waals surface area contributed by atoms with Crippen molar-refractivity contribution in [2.24, 2.45) is 5.92 Å². The summed E-state index contributed by atoms with van der Waals surface area (Å²) in [5, 5.41) is 12.6. The Bertz CT molecular complexity index is 1210. The minimum absolute atomic E-state index is 0.0567. The molecule has 2 N–H and O–H groups in total. The molecular weight excluding hydrogens is 450 g/mol. The molecule has 0 aliphatic heterocycles. The number of benzene rings is 2. The summed E-state index contributed by atoms with van der Waals surface area (Å²) in [6, 6.07) is 14.2. The Morgan fingerprint density at radius 2 is 1.89 bits per heavy atom. The van der Waals surface area contributed by atoms with Crippen molar-refractivity contribution >= 4 is 17.6 Å². The number of fused-ring (bicyclic) bond motifs is 1. The van der Waals surface area contributed by atoms with Crippen LogP contribution in [0.1, 0.15) is 86.0 Å². The number of carboxylic acid groups (broad SMARTS) is 1. The van der Waals surface area contributed by atoms with Crippen LogP contribution in [0.15, 0.2) is 48.7 Å². The third-order valence-electron chi connectivity index (χ3n) is 7.40. The van der Waals surface area contributed by atoms with E-state index in [0.29, 0.717) is 12.1 Å². The SMILES string of the molecule is CCCCCn1cc(C(=O)Nc2ccc(CC)cc2)nc1-c1ccc2c(c1)CCC2C(CC)C(=O)O. The molecule has 1 heterocycles. The summed E-state index contributed by atoms with van der Waals surface area (Å²) >= 11 is 0. The molecule has 6 heteroatoms. The molecule has 1 aliphatic rings. The van der Waals surface area contributed by atoms with Crippen molar-refractivity contribution < 1.29 is 14.7 Å². The lowest BCUT2D eigenvalue weighted by atomic mass is 9.85. The quantitative estimate of drug-likeness (QED) is 0.295. The maximum Gasteiger partial charge on any atom is 0.307 e. The number of carbonyl (C=O) groups excluding carboxylic acids is 1. The van der Waals surface area contributed by atoms with Gasteiger partial charge in [0.05, 0.1) is 5.92 Å². The molecular formula is C30H37N3O3. The fraction of sp³-hybridized carbons (Fsp3) is 0.433. The molecule has 1 amide bonds. The van der Waals surface area contributed by atoms with Crippen LogP contribution in [0.25, 0.3) is 11.4 Å². The van der Waals surface area contributed by atoms with Gasteiger partial charge in [-0.25, -0.2) is 4.98 Å². The van der Waals surface area contributed by atoms with Gasteiger partial charge in [-0.1, -0.05) is 57.9 Å². The monoisotopic (exact) mass is 487 g/mol. The van der Waals surface area contributed by atoms with Crippen LogP contribution in [-0.4, -0.2) is 26.5 Å². The Kier molecular flexibility index (Phi) is 8.24. The third kappa shape index (κ3) is 5.53. The van der Waals surface area contributed by atoms with Crippen LogP contribution in [0.5, 0.6) is 0 Å². The normalized spacial score (nSPS) is 15.5. The number of imidazole rings is 1. The van der Waals surface area contributed by atoms with E-state index < -0.39 is 5.97 Å². The second-order valence-corrected chi connectivity index (χ2v) is 9.77. The van der Waals surface area contributed by atoms with Gasteiger partial charge in [0.1, 0.15) is 11.5 Å². The highest BCUT2D eigenvalue weighted by molar-refractivity contribution is 6.03. The first-order chi connectivity index (χ1) is 17.4. The smallest absolute Gasteiger partial charge is 0.307 e. The maximum atomic E-state index is 13.1. The molecule has 190 valence electrons. The highest BCUT2D eigenvalue weighted by Gasteiger charge is 2.33. The second kappa shape index (κ2) is 11.5. The molecule has 0 saturated carbocycles. The number of hydrogen-bond donors (Lipinski definition) is 2. The van der Waals surface area contributed by atoms with E-state index in [0.717, 1.165) is 67.7 Å². The number of amides is 1. The van der Waals surface area contributed by atoms with Crippen molar-refractivity contribution in [3.8, 4) is 11.4 Å². The van der Waals surface area contributed by atoms with Gasteiger partial charge in [0.15, 0.2) is 0 Å². The molecule has 0 spiro atoms. The summed E-state index contributed by atoms with van der Waals surface area (Å²) in [6.07, 6.45) is 8.42. The predicted molar refractivity (Wildman–Crippen MR) is 143 cm³/mol. The van der Waals surface area contributed by atoms with Crippen LogP contribution in [0.3, 0.4) is 0 Å². The van der Waals surface area contributed by atoms with Crippen LogP contribution in [-0.2, 0) is 24.2 Å². The number of unbranched alkanes of at least 4 members (excludes halogenated alkanes) is 2. The van der Waals surface area contributed by atoms with Crippen LogP contribution in [0.2, 0.25) is 0 Å². The van der Waals surface area contributed by atoms with E-state index in [2.05, 4.69) is 35.9 Å². The Morgan fingerprint density at radius 3 is 2.56 bits per heavy atom. The number of aryl methyl sites for hydroxylation is 3. The number of aromatic nitrogens is 2. The first-order valence-electron chi connectivity index (χ1n) is 13.3. The van der Waals surface area contributed by atoms with Crippen molar-refractivity contribution in [3.05, 3.63) is 71.0 Å². The topological polar surface area (TPSA) is 84.2 Å². The van der Waals surface area contributed by atoms with E-state index in [1.54, 1.807) is 0 Å². The fourth-order valence-corrected chi connectivity index (χ4v) is 5.32. The molecule has 0 radical (unpaired) electrons. The predicted octanol–water partition coefficient (Wildman–Crippen LogP) is 6.70. The molecule has 6 nitrogen and oxygen atoms in total. The van der Waals surface area contributed by atoms with Gasteiger partial charge in [-0.15, -0.1) is 0 Å². The Balaban J connectivity index is 1.61. The van der Waals surface area contributed by atoms with Crippen molar-refractivity contribution in [1.82, 2.24) is 9.55 Å². The maximum absolute atomic E-state index is 13.1. The lowest BCUT2D eigenvalue weighted by Gasteiger charge is -2.19. The van der Waals surface area contributed by atoms with Crippen LogP contribution >= 0.6 is 0 Å². The number of rotatable bonds is 11. The number of nitrogens with one attached hydrogen (secondary N) is 1. The molecule has 0 bridgehead atoms. The van der Waals surface area contributed by atoms with Gasteiger partial charge in [-0.05, 0) is 72.9 Å². The van der Waals surface area contributed by atoms with Gasteiger partial charge in [0.2, 0.25) is 0 Å². The number of aliphatic carboxylic acids is 1. The molecule has 2 atom stereocenters. The van der Waals surface area contributed by atoms with Gasteiger partial charge >= 0.3 is 5.97 Å². The molecule has 36 heavy (non-hydrogen) atoms. The largest absolute Gasteiger partial charge is 0.481 e. The molecule has 4 rings (SSSR count). The summed E-state index contributed by atoms with van der Waals surface area (Å²) in [5.74, 6) is -0.445. The zero-order valence-corrected chi connectivity index (χ0v) is 21.6. The van der Waals surface area contributed by atoms with E-state index in [9.17, 15) is 14.7 Å². The Labute approximate surface area is 213 Å². The molecule has 3 aromatic rings. The van der Waals surface area contributed by atoms with Gasteiger partial charge in [-0.2, -0.15) is 0 Å². The van der Waals surface area contributed by atoms with Gasteiger partial charge in [0, 0.05) is 24.0 Å². The molecule has 1 aromatic heterocycles. The van der Waals surface area contributed by atoms with Crippen molar-refractivity contribution in [2.45, 2.75) is 78.2 Å². The number of nitrogens with zero attached hydrogens (tertiary/aromatic N) is 2. The Hall–Kier alpha value is -3.41. The van der Waals surface area contributed by atoms with E-state index in [1.165, 1.54) is 11.1 Å². The van der Waals surface area contributed by atoms with E-state index >= 15 is 0 Å². The number of hydrogen-bond acceptors (Lipinski definition) is 3. The summed E-state index contributed by atoms with van der Waals surface area (Å²) in [4.78, 5) is 29.6. The molecule has 2 unspecified atom stereocenters. The second-order valence-electron chi connectivity index (χ2n) is 9.77. The summed E-state index contributed by atoms with van der Waals surface area (Å²) in [7, 11) is 0. The average Bonchev–Trinajstić information content (AvgIpc) is 3.49. The average molecular weight is 488 g/mol. The lowest BCUT2D eigenvalue weighted by molar-refractivity contribution is -0.142. The van der Waals surface area contributed by atoms with Crippen molar-refractivity contribution in [3.63, 3.8) is 0 Å². The van der Waals surface area contributed by atoms with Crippen molar-refractivity contribution in [2.75, 3.05) is 5.32 Å². The first kappa shape index (κ1) is 25.7. The highest BCUT2D eigenvalue weighted by atomic mass is 16.4. The standard InChI is InChI=1S/C30H37N3O3/c1-4-7-8-17-33-19-27(29(34)31-23-13-9-20(5-2)10-14-23)32-28(33)22-12-15-25-21(18-22)11-16-26(25)24(6-3)30(35)36/h9-10,12-15,18-19,24,26H,4-8,11,16-17H2,1-3H3,(H,31,34)(H,35,36).